The highest BCUT2D eigenvalue weighted by Gasteiger charge is 2.62. The average Bonchev–Trinajstić information content (AvgIpc) is 2.23. The molecule has 0 saturated carbocycles. The third kappa shape index (κ3) is 2.74. The number of likely N-dealkylation sites (tertiary alicyclic amines) is 1. The van der Waals surface area contributed by atoms with Gasteiger partial charge in [0, 0.05) is 18.2 Å². The lowest BCUT2D eigenvalue weighted by atomic mass is 10.2. The van der Waals surface area contributed by atoms with Crippen molar-refractivity contribution in [3.63, 3.8) is 0 Å². The van der Waals surface area contributed by atoms with Gasteiger partial charge in [-0.2, -0.15) is 39.0 Å². The van der Waals surface area contributed by atoms with Gasteiger partial charge in [-0.3, -0.25) is 4.79 Å². The number of amides is 1. The first-order chi connectivity index (χ1) is 7.03. The second-order valence-corrected chi connectivity index (χ2v) is 4.12. The fourth-order valence-corrected chi connectivity index (χ4v) is 1.83. The molecule has 1 fully saturated rings. The molecule has 0 aromatic rings. The molecule has 0 aliphatic carbocycles. The molecule has 0 N–H and O–H groups in total. The van der Waals surface area contributed by atoms with Crippen LogP contribution in [0.5, 0.6) is 0 Å². The van der Waals surface area contributed by atoms with Gasteiger partial charge < -0.3 is 4.90 Å². The summed E-state index contributed by atoms with van der Waals surface area (Å²) >= 11 is 3.70. The van der Waals surface area contributed by atoms with Gasteiger partial charge in [0.1, 0.15) is 0 Å². The molecule has 9 heteroatoms. The van der Waals surface area contributed by atoms with E-state index in [0.717, 1.165) is 0 Å². The molecule has 1 rings (SSSR count). The molecule has 94 valence electrons. The van der Waals surface area contributed by atoms with Crippen LogP contribution in [0.25, 0.3) is 0 Å². The maximum Gasteiger partial charge on any atom is 0.417 e. The Morgan fingerprint density at radius 2 is 1.62 bits per heavy atom. The molecule has 1 heterocycles. The Morgan fingerprint density at radius 1 is 1.19 bits per heavy atom. The van der Waals surface area contributed by atoms with Crippen LogP contribution in [0.1, 0.15) is 6.42 Å². The van der Waals surface area contributed by atoms with E-state index < -0.39 is 42.5 Å². The van der Waals surface area contributed by atoms with E-state index in [9.17, 15) is 31.1 Å². The summed E-state index contributed by atoms with van der Waals surface area (Å²) in [4.78, 5) is 10.8. The number of thiol groups is 1. The van der Waals surface area contributed by atoms with E-state index in [-0.39, 0.29) is 4.90 Å². The molecule has 1 atom stereocenters. The van der Waals surface area contributed by atoms with Crippen LogP contribution in [0.2, 0.25) is 0 Å². The highest BCUT2D eigenvalue weighted by Crippen LogP contribution is 2.39. The molecule has 0 radical (unpaired) electrons. The summed E-state index contributed by atoms with van der Waals surface area (Å²) in [6, 6.07) is -3.73. The van der Waals surface area contributed by atoms with Gasteiger partial charge >= 0.3 is 12.4 Å². The third-order valence-corrected chi connectivity index (χ3v) is 2.42. The van der Waals surface area contributed by atoms with Crippen LogP contribution < -0.4 is 0 Å². The predicted octanol–water partition coefficient (Wildman–Crippen LogP) is 2.01. The third-order valence-electron chi connectivity index (χ3n) is 2.07. The van der Waals surface area contributed by atoms with Crippen LogP contribution in [-0.4, -0.2) is 41.0 Å². The summed E-state index contributed by atoms with van der Waals surface area (Å²) in [6.45, 7) is -0.647. The van der Waals surface area contributed by atoms with Crippen LogP contribution in [0.15, 0.2) is 0 Å². The van der Waals surface area contributed by atoms with Gasteiger partial charge in [0.05, 0.1) is 0 Å². The summed E-state index contributed by atoms with van der Waals surface area (Å²) in [5.74, 6) is -1.18. The van der Waals surface area contributed by atoms with Crippen LogP contribution in [-0.2, 0) is 4.79 Å². The van der Waals surface area contributed by atoms with E-state index in [0.29, 0.717) is 0 Å². The van der Waals surface area contributed by atoms with Crippen LogP contribution >= 0.6 is 12.6 Å². The fraction of sp³-hybridized carbons (Fsp3) is 0.857. The van der Waals surface area contributed by atoms with Crippen molar-refractivity contribution >= 4 is 18.5 Å². The monoisotopic (exact) mass is 267 g/mol. The van der Waals surface area contributed by atoms with Crippen LogP contribution in [0.3, 0.4) is 0 Å². The molecule has 1 saturated heterocycles. The van der Waals surface area contributed by atoms with Crippen molar-refractivity contribution in [1.82, 2.24) is 4.90 Å². The van der Waals surface area contributed by atoms with Crippen molar-refractivity contribution in [2.24, 2.45) is 0 Å². The van der Waals surface area contributed by atoms with Crippen molar-refractivity contribution in [3.05, 3.63) is 0 Å². The zero-order valence-corrected chi connectivity index (χ0v) is 8.53. The van der Waals surface area contributed by atoms with E-state index in [2.05, 4.69) is 12.6 Å². The van der Waals surface area contributed by atoms with Gasteiger partial charge in [-0.1, -0.05) is 0 Å². The minimum absolute atomic E-state index is 0.211. The summed E-state index contributed by atoms with van der Waals surface area (Å²) in [5, 5.41) is -0.792. The molecule has 1 aliphatic rings. The number of hydrogen-bond acceptors (Lipinski definition) is 2. The van der Waals surface area contributed by atoms with Crippen LogP contribution in [0, 0.1) is 0 Å². The van der Waals surface area contributed by atoms with Gasteiger partial charge in [-0.15, -0.1) is 0 Å². The lowest BCUT2D eigenvalue weighted by Crippen LogP contribution is -2.55. The van der Waals surface area contributed by atoms with E-state index in [1.165, 1.54) is 0 Å². The first-order valence-corrected chi connectivity index (χ1v) is 4.66. The van der Waals surface area contributed by atoms with Crippen molar-refractivity contribution in [2.75, 3.05) is 6.54 Å². The second-order valence-electron chi connectivity index (χ2n) is 3.39. The smallest absolute Gasteiger partial charge is 0.322 e. The Bertz CT molecular complexity index is 274. The van der Waals surface area contributed by atoms with Crippen molar-refractivity contribution in [3.8, 4) is 0 Å². The molecule has 0 aromatic carbocycles. The largest absolute Gasteiger partial charge is 0.417 e. The normalized spacial score (nSPS) is 23.4. The zero-order chi connectivity index (χ0) is 12.7. The first-order valence-electron chi connectivity index (χ1n) is 4.14. The number of rotatable bonds is 1. The predicted molar refractivity (Wildman–Crippen MR) is 45.0 cm³/mol. The quantitative estimate of drug-likeness (QED) is 0.569. The van der Waals surface area contributed by atoms with Crippen LogP contribution in [0.4, 0.5) is 26.3 Å². The highest BCUT2D eigenvalue weighted by atomic mass is 32.1. The Kier molecular flexibility index (Phi) is 3.37. The molecule has 2 nitrogen and oxygen atoms in total. The van der Waals surface area contributed by atoms with Gasteiger partial charge in [-0.05, 0) is 0 Å². The molecular formula is C7H7F6NOS. The summed E-state index contributed by atoms with van der Waals surface area (Å²) < 4.78 is 73.4. The molecule has 1 unspecified atom stereocenters. The Hall–Kier alpha value is -0.600. The highest BCUT2D eigenvalue weighted by molar-refractivity contribution is 7.81. The van der Waals surface area contributed by atoms with E-state index >= 15 is 0 Å². The summed E-state index contributed by atoms with van der Waals surface area (Å²) in [7, 11) is 0. The first kappa shape index (κ1) is 13.5. The van der Waals surface area contributed by atoms with E-state index in [1.54, 1.807) is 0 Å². The average molecular weight is 267 g/mol. The molecule has 0 aromatic heterocycles. The maximum atomic E-state index is 12.2. The number of hydrogen-bond donors (Lipinski definition) is 1. The number of carbonyl (C=O) groups is 1. The van der Waals surface area contributed by atoms with Gasteiger partial charge in [-0.25, -0.2) is 0 Å². The fourth-order valence-electron chi connectivity index (χ4n) is 1.50. The van der Waals surface area contributed by atoms with Gasteiger partial charge in [0.2, 0.25) is 11.9 Å². The lowest BCUT2D eigenvalue weighted by molar-refractivity contribution is -0.282. The second kappa shape index (κ2) is 4.01. The minimum Gasteiger partial charge on any atom is -0.322 e. The van der Waals surface area contributed by atoms with Crippen molar-refractivity contribution < 1.29 is 31.1 Å². The topological polar surface area (TPSA) is 20.3 Å². The minimum atomic E-state index is -5.52. The van der Waals surface area contributed by atoms with E-state index in [1.807, 2.05) is 0 Å². The Balaban J connectivity index is 2.99. The summed E-state index contributed by atoms with van der Waals surface area (Å²) in [6.07, 6.45) is -11.5. The molecular weight excluding hydrogens is 260 g/mol. The van der Waals surface area contributed by atoms with Gasteiger partial charge in [0.15, 0.2) is 0 Å². The zero-order valence-electron chi connectivity index (χ0n) is 7.64. The van der Waals surface area contributed by atoms with Gasteiger partial charge in [0.25, 0.3) is 0 Å². The van der Waals surface area contributed by atoms with E-state index in [4.69, 9.17) is 0 Å². The molecule has 0 spiro atoms. The number of nitrogens with zero attached hydrogens (tertiary/aromatic N) is 1. The lowest BCUT2D eigenvalue weighted by Gasteiger charge is -2.31. The Morgan fingerprint density at radius 3 is 1.88 bits per heavy atom. The maximum absolute atomic E-state index is 12.2. The van der Waals surface area contributed by atoms with Crippen molar-refractivity contribution in [1.29, 1.82) is 0 Å². The standard InChI is InChI=1S/C7H7F6NOS/c8-6(9,10)5(7(11,12)13)14-2-3(16)1-4(14)15/h3,5,16H,1-2H2. The number of alkyl halides is 6. The Labute approximate surface area is 92.0 Å². The summed E-state index contributed by atoms with van der Waals surface area (Å²) in [5.41, 5.74) is 0. The van der Waals surface area contributed by atoms with Crippen molar-refractivity contribution in [2.45, 2.75) is 30.1 Å². The molecule has 0 bridgehead atoms. The molecule has 16 heavy (non-hydrogen) atoms. The number of carbonyl (C=O) groups excluding carboxylic acids is 1. The molecule has 1 amide bonds. The SMILES string of the molecule is O=C1CC(S)CN1C(C(F)(F)F)C(F)(F)F. The number of halogens is 6. The molecule has 1 aliphatic heterocycles.